The molecule has 4 aromatic rings. The van der Waals surface area contributed by atoms with Gasteiger partial charge in [-0.1, -0.05) is 29.4 Å². The minimum Gasteiger partial charge on any atom is -0.411 e. The molecule has 0 spiro atoms. The summed E-state index contributed by atoms with van der Waals surface area (Å²) in [7, 11) is 0. The minimum absolute atomic E-state index is 0.561. The van der Waals surface area contributed by atoms with E-state index >= 15 is 0 Å². The first-order valence-electron chi connectivity index (χ1n) is 8.48. The Labute approximate surface area is 156 Å². The topological polar surface area (TPSA) is 88.2 Å². The zero-order valence-corrected chi connectivity index (χ0v) is 15.0. The number of nitrogens with zero attached hydrogens (tertiary/aromatic N) is 5. The van der Waals surface area contributed by atoms with Crippen LogP contribution < -0.4 is 5.32 Å². The SMILES string of the molecule is CC(=NO)c1ccc(Nc2cncc(-n3c(C)nc4ccccc43)n2)cc1. The van der Waals surface area contributed by atoms with Gasteiger partial charge < -0.3 is 10.5 Å². The van der Waals surface area contributed by atoms with Crippen molar-refractivity contribution in [3.8, 4) is 5.82 Å². The maximum absolute atomic E-state index is 8.86. The highest BCUT2D eigenvalue weighted by Gasteiger charge is 2.11. The molecule has 0 aliphatic carbocycles. The Bertz CT molecular complexity index is 1130. The van der Waals surface area contributed by atoms with Crippen LogP contribution in [0.5, 0.6) is 0 Å². The Morgan fingerprint density at radius 3 is 2.59 bits per heavy atom. The average molecular weight is 358 g/mol. The summed E-state index contributed by atoms with van der Waals surface area (Å²) < 4.78 is 1.98. The lowest BCUT2D eigenvalue weighted by Crippen LogP contribution is -2.03. The van der Waals surface area contributed by atoms with E-state index in [9.17, 15) is 0 Å². The smallest absolute Gasteiger partial charge is 0.159 e. The first-order chi connectivity index (χ1) is 13.2. The monoisotopic (exact) mass is 358 g/mol. The summed E-state index contributed by atoms with van der Waals surface area (Å²) in [6.45, 7) is 3.70. The van der Waals surface area contributed by atoms with Crippen molar-refractivity contribution in [2.75, 3.05) is 5.32 Å². The fourth-order valence-corrected chi connectivity index (χ4v) is 2.96. The Balaban J connectivity index is 1.66. The number of rotatable bonds is 4. The van der Waals surface area contributed by atoms with E-state index < -0.39 is 0 Å². The van der Waals surface area contributed by atoms with Crippen LogP contribution in [0.15, 0.2) is 66.1 Å². The largest absolute Gasteiger partial charge is 0.411 e. The maximum Gasteiger partial charge on any atom is 0.159 e. The van der Waals surface area contributed by atoms with Crippen molar-refractivity contribution in [3.05, 3.63) is 72.3 Å². The van der Waals surface area contributed by atoms with Gasteiger partial charge in [0.2, 0.25) is 0 Å². The summed E-state index contributed by atoms with van der Waals surface area (Å²) >= 11 is 0. The predicted molar refractivity (Wildman–Crippen MR) is 105 cm³/mol. The van der Waals surface area contributed by atoms with Crippen molar-refractivity contribution in [1.82, 2.24) is 19.5 Å². The van der Waals surface area contributed by atoms with Crippen LogP contribution in [0.2, 0.25) is 0 Å². The third kappa shape index (κ3) is 3.22. The molecule has 0 atom stereocenters. The van der Waals surface area contributed by atoms with Crippen LogP contribution in [0, 0.1) is 6.92 Å². The van der Waals surface area contributed by atoms with Crippen molar-refractivity contribution < 1.29 is 5.21 Å². The number of fused-ring (bicyclic) bond motifs is 1. The molecule has 0 unspecified atom stereocenters. The van der Waals surface area contributed by atoms with Crippen molar-refractivity contribution in [1.29, 1.82) is 0 Å². The second kappa shape index (κ2) is 6.87. The fourth-order valence-electron chi connectivity index (χ4n) is 2.96. The number of oxime groups is 1. The van der Waals surface area contributed by atoms with Crippen LogP contribution in [0.3, 0.4) is 0 Å². The molecule has 2 aromatic heterocycles. The molecule has 0 saturated carbocycles. The van der Waals surface area contributed by atoms with Gasteiger partial charge in [0.15, 0.2) is 11.6 Å². The lowest BCUT2D eigenvalue weighted by atomic mass is 10.1. The first-order valence-corrected chi connectivity index (χ1v) is 8.48. The zero-order valence-electron chi connectivity index (χ0n) is 15.0. The predicted octanol–water partition coefficient (Wildman–Crippen LogP) is 4.07. The summed E-state index contributed by atoms with van der Waals surface area (Å²) in [5.41, 5.74) is 4.19. The number of nitrogens with one attached hydrogen (secondary N) is 1. The minimum atomic E-state index is 0.561. The molecule has 7 heteroatoms. The lowest BCUT2D eigenvalue weighted by Gasteiger charge is -2.10. The molecular weight excluding hydrogens is 340 g/mol. The van der Waals surface area contributed by atoms with Gasteiger partial charge in [-0.2, -0.15) is 0 Å². The number of hydrogen-bond acceptors (Lipinski definition) is 6. The second-order valence-electron chi connectivity index (χ2n) is 6.13. The Morgan fingerprint density at radius 2 is 1.81 bits per heavy atom. The Morgan fingerprint density at radius 1 is 1.04 bits per heavy atom. The van der Waals surface area contributed by atoms with Crippen molar-refractivity contribution in [3.63, 3.8) is 0 Å². The number of benzene rings is 2. The zero-order chi connectivity index (χ0) is 18.8. The maximum atomic E-state index is 8.86. The van der Waals surface area contributed by atoms with E-state index in [0.29, 0.717) is 17.3 Å². The van der Waals surface area contributed by atoms with Crippen LogP contribution in [0.1, 0.15) is 18.3 Å². The standard InChI is InChI=1S/C20H18N6O/c1-13(25-27)15-7-9-16(10-8-15)23-19-11-21-12-20(24-19)26-14(2)22-17-5-3-4-6-18(17)26/h3-12,27H,1-2H3,(H,23,24). The summed E-state index contributed by atoms with van der Waals surface area (Å²) in [6.07, 6.45) is 3.39. The number of anilines is 2. The first kappa shape index (κ1) is 16.7. The van der Waals surface area contributed by atoms with Gasteiger partial charge in [0.25, 0.3) is 0 Å². The summed E-state index contributed by atoms with van der Waals surface area (Å²) in [6, 6.07) is 15.5. The van der Waals surface area contributed by atoms with E-state index in [0.717, 1.165) is 28.1 Å². The Kier molecular flexibility index (Phi) is 4.25. The highest BCUT2D eigenvalue weighted by Crippen LogP contribution is 2.21. The van der Waals surface area contributed by atoms with E-state index in [-0.39, 0.29) is 0 Å². The Hall–Kier alpha value is -3.74. The van der Waals surface area contributed by atoms with Gasteiger partial charge in [-0.25, -0.2) is 9.97 Å². The highest BCUT2D eigenvalue weighted by molar-refractivity contribution is 5.98. The fraction of sp³-hybridized carbons (Fsp3) is 0.100. The molecule has 0 saturated heterocycles. The van der Waals surface area contributed by atoms with Crippen LogP contribution in [-0.2, 0) is 0 Å². The molecule has 2 aromatic carbocycles. The molecule has 0 aliphatic rings. The van der Waals surface area contributed by atoms with E-state index in [1.807, 2.05) is 60.0 Å². The highest BCUT2D eigenvalue weighted by atomic mass is 16.4. The average Bonchev–Trinajstić information content (AvgIpc) is 3.04. The van der Waals surface area contributed by atoms with E-state index in [2.05, 4.69) is 25.4 Å². The molecule has 134 valence electrons. The van der Waals surface area contributed by atoms with Crippen LogP contribution >= 0.6 is 0 Å². The molecule has 7 nitrogen and oxygen atoms in total. The summed E-state index contributed by atoms with van der Waals surface area (Å²) in [4.78, 5) is 13.6. The number of hydrogen-bond donors (Lipinski definition) is 2. The van der Waals surface area contributed by atoms with Crippen LogP contribution in [-0.4, -0.2) is 30.4 Å². The van der Waals surface area contributed by atoms with Gasteiger partial charge in [-0.05, 0) is 43.7 Å². The third-order valence-corrected chi connectivity index (χ3v) is 4.30. The van der Waals surface area contributed by atoms with Crippen molar-refractivity contribution in [2.45, 2.75) is 13.8 Å². The molecular formula is C20H18N6O. The molecule has 27 heavy (non-hydrogen) atoms. The third-order valence-electron chi connectivity index (χ3n) is 4.30. The van der Waals surface area contributed by atoms with E-state index in [4.69, 9.17) is 5.21 Å². The second-order valence-corrected chi connectivity index (χ2v) is 6.13. The van der Waals surface area contributed by atoms with Crippen molar-refractivity contribution in [2.24, 2.45) is 5.16 Å². The molecule has 2 N–H and O–H groups in total. The molecule has 0 aliphatic heterocycles. The summed E-state index contributed by atoms with van der Waals surface area (Å²) in [5.74, 6) is 2.18. The van der Waals surface area contributed by atoms with Crippen LogP contribution in [0.25, 0.3) is 16.9 Å². The van der Waals surface area contributed by atoms with Gasteiger partial charge >= 0.3 is 0 Å². The number of para-hydroxylation sites is 2. The van der Waals surface area contributed by atoms with Gasteiger partial charge in [0.1, 0.15) is 5.82 Å². The van der Waals surface area contributed by atoms with Gasteiger partial charge in [-0.15, -0.1) is 0 Å². The molecule has 0 fully saturated rings. The molecule has 4 rings (SSSR count). The summed E-state index contributed by atoms with van der Waals surface area (Å²) in [5, 5.41) is 15.3. The number of aryl methyl sites for hydroxylation is 1. The van der Waals surface area contributed by atoms with Crippen LogP contribution in [0.4, 0.5) is 11.5 Å². The molecule has 2 heterocycles. The number of imidazole rings is 1. The molecule has 0 radical (unpaired) electrons. The normalized spacial score (nSPS) is 11.7. The quantitative estimate of drug-likeness (QED) is 0.326. The van der Waals surface area contributed by atoms with Gasteiger partial charge in [0.05, 0.1) is 29.1 Å². The van der Waals surface area contributed by atoms with Crippen molar-refractivity contribution >= 4 is 28.3 Å². The molecule has 0 bridgehead atoms. The van der Waals surface area contributed by atoms with Gasteiger partial charge in [-0.3, -0.25) is 9.55 Å². The van der Waals surface area contributed by atoms with E-state index in [1.165, 1.54) is 0 Å². The lowest BCUT2D eigenvalue weighted by molar-refractivity contribution is 0.319. The van der Waals surface area contributed by atoms with Gasteiger partial charge in [0, 0.05) is 5.69 Å². The number of aromatic nitrogens is 4. The van der Waals surface area contributed by atoms with E-state index in [1.54, 1.807) is 19.3 Å². The molecule has 0 amide bonds.